The van der Waals surface area contributed by atoms with Gasteiger partial charge in [-0.3, -0.25) is 0 Å². The molecule has 0 aliphatic heterocycles. The average molecular weight is 619 g/mol. The number of hydrogen-bond donors (Lipinski definition) is 3. The lowest BCUT2D eigenvalue weighted by Gasteiger charge is -2.18. The Morgan fingerprint density at radius 2 is 1.62 bits per heavy atom. The smallest absolute Gasteiger partial charge is 0.482 e. The zero-order valence-electron chi connectivity index (χ0n) is 19.3. The first-order chi connectivity index (χ1) is 18.6. The second-order valence-corrected chi connectivity index (χ2v) is 9.42. The summed E-state index contributed by atoms with van der Waals surface area (Å²) in [6.45, 7) is -3.50. The van der Waals surface area contributed by atoms with Crippen LogP contribution in [0.2, 0.25) is 5.02 Å². The lowest BCUT2D eigenvalue weighted by molar-refractivity contribution is -0.203. The Morgan fingerprint density at radius 1 is 0.950 bits per heavy atom. The number of nitrogens with zero attached hydrogens (tertiary/aromatic N) is 3. The third-order valence-corrected chi connectivity index (χ3v) is 5.86. The van der Waals surface area contributed by atoms with Crippen LogP contribution in [0.5, 0.6) is 5.75 Å². The van der Waals surface area contributed by atoms with Gasteiger partial charge in [-0.25, -0.2) is 32.6 Å². The summed E-state index contributed by atoms with van der Waals surface area (Å²) >= 11 is 5.77. The Morgan fingerprint density at radius 3 is 2.20 bits per heavy atom. The van der Waals surface area contributed by atoms with Crippen molar-refractivity contribution < 1.29 is 53.5 Å². The number of sulfonamides is 1. The number of nitrogens with one attached hydrogen (secondary N) is 3. The van der Waals surface area contributed by atoms with E-state index in [0.717, 1.165) is 11.2 Å². The van der Waals surface area contributed by atoms with Crippen LogP contribution in [0, 0.1) is 0 Å². The van der Waals surface area contributed by atoms with E-state index in [0.29, 0.717) is 17.2 Å². The van der Waals surface area contributed by atoms with E-state index in [1.165, 1.54) is 24.4 Å². The van der Waals surface area contributed by atoms with Crippen LogP contribution >= 0.6 is 11.6 Å². The zero-order chi connectivity index (χ0) is 29.7. The predicted octanol–water partition coefficient (Wildman–Crippen LogP) is 4.72. The van der Waals surface area contributed by atoms with Gasteiger partial charge in [-0.15, -0.1) is 0 Å². The number of carbonyl (C=O) groups excluding carboxylic acids is 1. The summed E-state index contributed by atoms with van der Waals surface area (Å²) in [5.41, 5.74) is -1.38. The molecule has 11 nitrogen and oxygen atoms in total. The molecule has 3 rings (SSSR count). The zero-order valence-corrected chi connectivity index (χ0v) is 20.8. The van der Waals surface area contributed by atoms with Gasteiger partial charge in [0.05, 0.1) is 15.6 Å². The summed E-state index contributed by atoms with van der Waals surface area (Å²) in [6, 6.07) is 5.32. The molecule has 0 atom stereocenters. The second-order valence-electron chi connectivity index (χ2n) is 7.37. The van der Waals surface area contributed by atoms with Gasteiger partial charge in [0.25, 0.3) is 10.0 Å². The van der Waals surface area contributed by atoms with Gasteiger partial charge >= 0.3 is 18.3 Å². The van der Waals surface area contributed by atoms with Crippen molar-refractivity contribution in [2.75, 3.05) is 17.2 Å². The first kappa shape index (κ1) is 30.6. The van der Waals surface area contributed by atoms with Crippen LogP contribution in [0.15, 0.2) is 47.8 Å². The van der Waals surface area contributed by atoms with Crippen molar-refractivity contribution in [1.29, 1.82) is 0 Å². The van der Waals surface area contributed by atoms with Gasteiger partial charge in [0, 0.05) is 17.8 Å². The van der Waals surface area contributed by atoms with Crippen molar-refractivity contribution in [3.05, 3.63) is 53.4 Å². The molecule has 3 N–H and O–H groups in total. The lowest BCUT2D eigenvalue weighted by Crippen LogP contribution is -2.35. The van der Waals surface area contributed by atoms with Gasteiger partial charge in [-0.1, -0.05) is 11.6 Å². The number of anilines is 4. The molecule has 20 heteroatoms. The fraction of sp³-hybridized carbons (Fsp3) is 0.200. The molecule has 3 aromatic rings. The number of aromatic nitrogens is 3. The molecular weight excluding hydrogens is 605 g/mol. The first-order valence-corrected chi connectivity index (χ1v) is 12.1. The van der Waals surface area contributed by atoms with Gasteiger partial charge in [-0.05, 0) is 29.2 Å². The number of pyridine rings is 1. The van der Waals surface area contributed by atoms with Gasteiger partial charge in [0.15, 0.2) is 6.61 Å². The molecular formula is C20H14ClF7N6O5S. The Hall–Kier alpha value is -3.97. The number of benzene rings is 1. The Labute approximate surface area is 224 Å². The van der Waals surface area contributed by atoms with Gasteiger partial charge < -0.3 is 20.2 Å². The molecule has 2 aromatic heterocycles. The third-order valence-electron chi connectivity index (χ3n) is 4.38. The number of rotatable bonds is 10. The van der Waals surface area contributed by atoms with Crippen LogP contribution in [-0.4, -0.2) is 48.3 Å². The molecule has 216 valence electrons. The average Bonchev–Trinajstić information content (AvgIpc) is 2.86. The predicted molar refractivity (Wildman–Crippen MR) is 123 cm³/mol. The number of halogens is 8. The summed E-state index contributed by atoms with van der Waals surface area (Å²) in [7, 11) is -5.20. The minimum atomic E-state index is -5.58. The highest BCUT2D eigenvalue weighted by molar-refractivity contribution is 7.89. The van der Waals surface area contributed by atoms with E-state index >= 15 is 0 Å². The molecule has 0 amide bonds. The second kappa shape index (κ2) is 12.0. The highest BCUT2D eigenvalue weighted by atomic mass is 35.5. The number of carbonyl (C=O) groups is 1. The minimum Gasteiger partial charge on any atom is -0.482 e. The fourth-order valence-corrected chi connectivity index (χ4v) is 3.86. The van der Waals surface area contributed by atoms with Gasteiger partial charge in [0.1, 0.15) is 36.2 Å². The Bertz CT molecular complexity index is 1470. The standard InChI is InChI=1S/C20H14ClF7N6O5S/c21-11-1-2-15(29-7-11)33-17-5-16(30-9-31-17)32-12-4-14(40(36,37)34-39-18(35)20(26,27)28)10(6-22)3-13(12)38-8-19(23,24)25/h1-5,7,9,34H,6,8H2,(H2,29,30,31,32,33). The van der Waals surface area contributed by atoms with Crippen LogP contribution in [0.3, 0.4) is 0 Å². The van der Waals surface area contributed by atoms with Crippen LogP contribution in [-0.2, 0) is 26.3 Å². The highest BCUT2D eigenvalue weighted by Gasteiger charge is 2.42. The maximum atomic E-state index is 13.7. The van der Waals surface area contributed by atoms with E-state index in [1.807, 2.05) is 0 Å². The molecule has 1 aromatic carbocycles. The van der Waals surface area contributed by atoms with Crippen molar-refractivity contribution in [2.45, 2.75) is 23.9 Å². The maximum Gasteiger partial charge on any atom is 0.492 e. The molecule has 40 heavy (non-hydrogen) atoms. The third kappa shape index (κ3) is 8.52. The Kier molecular flexibility index (Phi) is 9.21. The fourth-order valence-electron chi connectivity index (χ4n) is 2.74. The highest BCUT2D eigenvalue weighted by Crippen LogP contribution is 2.35. The van der Waals surface area contributed by atoms with E-state index in [4.69, 9.17) is 11.6 Å². The monoisotopic (exact) mass is 618 g/mol. The van der Waals surface area contributed by atoms with Crippen LogP contribution in [0.25, 0.3) is 0 Å². The largest absolute Gasteiger partial charge is 0.492 e. The van der Waals surface area contributed by atoms with Crippen LogP contribution in [0.1, 0.15) is 5.56 Å². The van der Waals surface area contributed by atoms with Crippen LogP contribution in [0.4, 0.5) is 53.9 Å². The van der Waals surface area contributed by atoms with Crippen molar-refractivity contribution in [2.24, 2.45) is 0 Å². The topological polar surface area (TPSA) is 144 Å². The molecule has 0 aliphatic carbocycles. The quantitative estimate of drug-likeness (QED) is 0.216. The summed E-state index contributed by atoms with van der Waals surface area (Å²) in [4.78, 5) is 26.0. The SMILES string of the molecule is O=C(ONS(=O)(=O)c1cc(Nc2cc(Nc3ccc(Cl)cn3)ncn2)c(OCC(F)(F)F)cc1CF)C(F)(F)F. The van der Waals surface area contributed by atoms with Crippen molar-refractivity contribution in [3.8, 4) is 5.75 Å². The van der Waals surface area contributed by atoms with Crippen molar-refractivity contribution in [1.82, 2.24) is 19.8 Å². The molecule has 0 bridgehead atoms. The first-order valence-electron chi connectivity index (χ1n) is 10.3. The molecule has 0 aliphatic rings. The minimum absolute atomic E-state index is 0.0963. The molecule has 2 heterocycles. The molecule has 0 spiro atoms. The molecule has 0 radical (unpaired) electrons. The number of alkyl halides is 7. The summed E-state index contributed by atoms with van der Waals surface area (Å²) < 4.78 is 119. The van der Waals surface area contributed by atoms with E-state index in [-0.39, 0.29) is 17.5 Å². The van der Waals surface area contributed by atoms with E-state index < -0.39 is 63.5 Å². The van der Waals surface area contributed by atoms with Gasteiger partial charge in [0.2, 0.25) is 0 Å². The van der Waals surface area contributed by atoms with Crippen molar-refractivity contribution >= 4 is 50.7 Å². The maximum absolute atomic E-state index is 13.7. The van der Waals surface area contributed by atoms with E-state index in [1.54, 1.807) is 0 Å². The van der Waals surface area contributed by atoms with E-state index in [9.17, 15) is 43.9 Å². The van der Waals surface area contributed by atoms with Crippen LogP contribution < -0.4 is 20.3 Å². The normalized spacial score (nSPS) is 12.1. The summed E-state index contributed by atoms with van der Waals surface area (Å²) in [5, 5.41) is 5.58. The Balaban J connectivity index is 1.98. The lowest BCUT2D eigenvalue weighted by atomic mass is 10.2. The van der Waals surface area contributed by atoms with Crippen molar-refractivity contribution in [3.63, 3.8) is 0 Å². The number of hydrogen-bond acceptors (Lipinski definition) is 10. The molecule has 0 unspecified atom stereocenters. The molecule has 0 saturated heterocycles. The van der Waals surface area contributed by atoms with E-state index in [2.05, 4.69) is 35.2 Å². The number of ether oxygens (including phenoxy) is 1. The summed E-state index contributed by atoms with van der Waals surface area (Å²) in [5.74, 6) is -3.42. The van der Waals surface area contributed by atoms with Gasteiger partial charge in [-0.2, -0.15) is 26.3 Å². The molecule has 0 fully saturated rings. The molecule has 0 saturated carbocycles. The summed E-state index contributed by atoms with van der Waals surface area (Å²) in [6.07, 6.45) is -8.11.